The molecule has 0 amide bonds. The molecule has 2 aromatic carbocycles. The van der Waals surface area contributed by atoms with E-state index in [1.165, 1.54) is 6.07 Å². The van der Waals surface area contributed by atoms with E-state index in [1.54, 1.807) is 43.2 Å². The maximum atomic E-state index is 13.8. The number of aryl methyl sites for hydroxylation is 1. The van der Waals surface area contributed by atoms with Gasteiger partial charge in [0.15, 0.2) is 0 Å². The lowest BCUT2D eigenvalue weighted by Crippen LogP contribution is -2.24. The molecule has 0 saturated carbocycles. The summed E-state index contributed by atoms with van der Waals surface area (Å²) in [6.07, 6.45) is 4.13. The molecule has 2 aromatic heterocycles. The van der Waals surface area contributed by atoms with Crippen molar-refractivity contribution in [2.75, 3.05) is 14.2 Å². The molecule has 0 radical (unpaired) electrons. The van der Waals surface area contributed by atoms with Crippen LogP contribution >= 0.6 is 0 Å². The van der Waals surface area contributed by atoms with Gasteiger partial charge in [0.05, 0.1) is 26.3 Å². The van der Waals surface area contributed by atoms with E-state index >= 15 is 0 Å². The van der Waals surface area contributed by atoms with Gasteiger partial charge in [0, 0.05) is 36.1 Å². The van der Waals surface area contributed by atoms with E-state index in [0.29, 0.717) is 30.0 Å². The zero-order valence-electron chi connectivity index (χ0n) is 18.1. The SMILES string of the molecule is COc1ccc(Cn2cc(Cc3ccc(F)c(C#N)c3)n3cc(C)cc3c2=O)c(OC)c1. The van der Waals surface area contributed by atoms with E-state index < -0.39 is 5.82 Å². The minimum atomic E-state index is -0.547. The summed E-state index contributed by atoms with van der Waals surface area (Å²) in [6, 6.07) is 13.7. The molecule has 0 aliphatic heterocycles. The molecule has 0 atom stereocenters. The minimum absolute atomic E-state index is 0.00118. The number of nitriles is 1. The smallest absolute Gasteiger partial charge is 0.275 e. The summed E-state index contributed by atoms with van der Waals surface area (Å²) in [5.41, 5.74) is 3.84. The zero-order valence-corrected chi connectivity index (χ0v) is 18.1. The highest BCUT2D eigenvalue weighted by molar-refractivity contribution is 5.51. The van der Waals surface area contributed by atoms with Gasteiger partial charge < -0.3 is 18.4 Å². The fourth-order valence-corrected chi connectivity index (χ4v) is 3.84. The normalized spacial score (nSPS) is 10.8. The summed E-state index contributed by atoms with van der Waals surface area (Å²) in [6.45, 7) is 2.24. The van der Waals surface area contributed by atoms with Gasteiger partial charge >= 0.3 is 0 Å². The van der Waals surface area contributed by atoms with Crippen LogP contribution in [-0.2, 0) is 13.0 Å². The Labute approximate surface area is 184 Å². The van der Waals surface area contributed by atoms with Gasteiger partial charge in [-0.1, -0.05) is 6.07 Å². The van der Waals surface area contributed by atoms with E-state index in [1.807, 2.05) is 41.8 Å². The Morgan fingerprint density at radius 3 is 2.59 bits per heavy atom. The van der Waals surface area contributed by atoms with Crippen molar-refractivity contribution in [3.05, 3.63) is 99.0 Å². The number of hydrogen-bond donors (Lipinski definition) is 0. The number of fused-ring (bicyclic) bond motifs is 1. The van der Waals surface area contributed by atoms with E-state index in [0.717, 1.165) is 22.4 Å². The number of hydrogen-bond acceptors (Lipinski definition) is 4. The quantitative estimate of drug-likeness (QED) is 0.461. The highest BCUT2D eigenvalue weighted by atomic mass is 19.1. The van der Waals surface area contributed by atoms with Crippen LogP contribution in [0.2, 0.25) is 0 Å². The third kappa shape index (κ3) is 3.95. The number of benzene rings is 2. The van der Waals surface area contributed by atoms with Gasteiger partial charge in [0.1, 0.15) is 28.9 Å². The highest BCUT2D eigenvalue weighted by Crippen LogP contribution is 2.25. The van der Waals surface area contributed by atoms with Crippen molar-refractivity contribution in [1.29, 1.82) is 5.26 Å². The van der Waals surface area contributed by atoms with Crippen molar-refractivity contribution < 1.29 is 13.9 Å². The molecule has 0 fully saturated rings. The summed E-state index contributed by atoms with van der Waals surface area (Å²) < 4.78 is 28.0. The van der Waals surface area contributed by atoms with Crippen LogP contribution in [0.25, 0.3) is 5.52 Å². The molecular formula is C25H22FN3O3. The molecule has 4 aromatic rings. The molecule has 0 spiro atoms. The number of rotatable bonds is 6. The van der Waals surface area contributed by atoms with Gasteiger partial charge in [-0.05, 0) is 48.4 Å². The molecule has 0 saturated heterocycles. The van der Waals surface area contributed by atoms with Crippen molar-refractivity contribution in [1.82, 2.24) is 8.97 Å². The Morgan fingerprint density at radius 1 is 1.06 bits per heavy atom. The number of halogens is 1. The van der Waals surface area contributed by atoms with Gasteiger partial charge in [-0.3, -0.25) is 4.79 Å². The summed E-state index contributed by atoms with van der Waals surface area (Å²) >= 11 is 0. The molecule has 162 valence electrons. The number of methoxy groups -OCH3 is 2. The maximum Gasteiger partial charge on any atom is 0.275 e. The van der Waals surface area contributed by atoms with Gasteiger partial charge in [-0.2, -0.15) is 5.26 Å². The van der Waals surface area contributed by atoms with Crippen LogP contribution < -0.4 is 15.0 Å². The lowest BCUT2D eigenvalue weighted by molar-refractivity contribution is 0.390. The number of ether oxygens (including phenoxy) is 2. The van der Waals surface area contributed by atoms with Crippen LogP contribution in [0.3, 0.4) is 0 Å². The second-order valence-electron chi connectivity index (χ2n) is 7.61. The predicted molar refractivity (Wildman–Crippen MR) is 119 cm³/mol. The highest BCUT2D eigenvalue weighted by Gasteiger charge is 2.14. The Kier molecular flexibility index (Phi) is 5.69. The molecule has 32 heavy (non-hydrogen) atoms. The van der Waals surface area contributed by atoms with Crippen molar-refractivity contribution >= 4 is 5.52 Å². The first-order valence-corrected chi connectivity index (χ1v) is 10.0. The third-order valence-electron chi connectivity index (χ3n) is 5.42. The van der Waals surface area contributed by atoms with Crippen LogP contribution in [0.15, 0.2) is 59.7 Å². The predicted octanol–water partition coefficient (Wildman–Crippen LogP) is 4.08. The standard InChI is InChI=1S/C25H22FN3O3/c1-16-8-23-25(30)28(14-18-5-6-21(31-2)11-24(18)32-3)15-20(29(23)13-16)10-17-4-7-22(26)19(9-17)12-27/h4-9,11,13,15H,10,14H2,1-3H3. The molecule has 0 bridgehead atoms. The number of nitrogens with zero attached hydrogens (tertiary/aromatic N) is 3. The van der Waals surface area contributed by atoms with Gasteiger partial charge in [0.25, 0.3) is 5.56 Å². The number of aromatic nitrogens is 2. The van der Waals surface area contributed by atoms with Crippen LogP contribution in [0.1, 0.15) is 27.9 Å². The molecule has 0 aliphatic carbocycles. The lowest BCUT2D eigenvalue weighted by atomic mass is 10.1. The summed E-state index contributed by atoms with van der Waals surface area (Å²) in [5, 5.41) is 9.15. The van der Waals surface area contributed by atoms with E-state index in [4.69, 9.17) is 14.7 Å². The maximum absolute atomic E-state index is 13.8. The molecule has 0 N–H and O–H groups in total. The van der Waals surface area contributed by atoms with Crippen LogP contribution in [0.5, 0.6) is 11.5 Å². The second-order valence-corrected chi connectivity index (χ2v) is 7.61. The fraction of sp³-hybridized carbons (Fsp3) is 0.200. The van der Waals surface area contributed by atoms with E-state index in [-0.39, 0.29) is 11.1 Å². The Bertz CT molecular complexity index is 1410. The first kappa shape index (κ1) is 21.2. The van der Waals surface area contributed by atoms with Gasteiger partial charge in [-0.25, -0.2) is 4.39 Å². The van der Waals surface area contributed by atoms with Crippen molar-refractivity contribution in [3.8, 4) is 17.6 Å². The average molecular weight is 431 g/mol. The first-order valence-electron chi connectivity index (χ1n) is 10.0. The van der Waals surface area contributed by atoms with Crippen LogP contribution in [0, 0.1) is 24.1 Å². The zero-order chi connectivity index (χ0) is 22.8. The summed E-state index contributed by atoms with van der Waals surface area (Å²) in [4.78, 5) is 13.2. The molecule has 2 heterocycles. The van der Waals surface area contributed by atoms with Crippen molar-refractivity contribution in [2.45, 2.75) is 19.9 Å². The van der Waals surface area contributed by atoms with Gasteiger partial charge in [-0.15, -0.1) is 0 Å². The Morgan fingerprint density at radius 2 is 1.88 bits per heavy atom. The third-order valence-corrected chi connectivity index (χ3v) is 5.42. The monoisotopic (exact) mass is 431 g/mol. The molecule has 4 rings (SSSR count). The Balaban J connectivity index is 1.81. The Hall–Kier alpha value is -4.05. The lowest BCUT2D eigenvalue weighted by Gasteiger charge is -2.15. The largest absolute Gasteiger partial charge is 0.497 e. The molecule has 6 nitrogen and oxygen atoms in total. The van der Waals surface area contributed by atoms with Crippen LogP contribution in [0.4, 0.5) is 4.39 Å². The topological polar surface area (TPSA) is 68.7 Å². The van der Waals surface area contributed by atoms with Crippen molar-refractivity contribution in [2.24, 2.45) is 0 Å². The summed E-state index contributed by atoms with van der Waals surface area (Å²) in [5.74, 6) is 0.747. The molecule has 7 heteroatoms. The van der Waals surface area contributed by atoms with E-state index in [9.17, 15) is 9.18 Å². The molecular weight excluding hydrogens is 409 g/mol. The molecule has 0 unspecified atom stereocenters. The van der Waals surface area contributed by atoms with Gasteiger partial charge in [0.2, 0.25) is 0 Å². The van der Waals surface area contributed by atoms with Crippen LogP contribution in [-0.4, -0.2) is 23.2 Å². The van der Waals surface area contributed by atoms with Crippen molar-refractivity contribution in [3.63, 3.8) is 0 Å². The fourth-order valence-electron chi connectivity index (χ4n) is 3.84. The average Bonchev–Trinajstić information content (AvgIpc) is 3.20. The molecule has 0 aliphatic rings. The minimum Gasteiger partial charge on any atom is -0.497 e. The summed E-state index contributed by atoms with van der Waals surface area (Å²) in [7, 11) is 3.16. The van der Waals surface area contributed by atoms with E-state index in [2.05, 4.69) is 0 Å². The second kappa shape index (κ2) is 8.60. The first-order chi connectivity index (χ1) is 15.4.